The number of rotatable bonds is 4. The lowest BCUT2D eigenvalue weighted by molar-refractivity contribution is 0.0943. The van der Waals surface area contributed by atoms with Crippen LogP contribution in [0, 0.1) is 5.82 Å². The van der Waals surface area contributed by atoms with E-state index in [-0.39, 0.29) is 35.9 Å². The second-order valence-corrected chi connectivity index (χ2v) is 8.99. The molecule has 1 fully saturated rings. The van der Waals surface area contributed by atoms with Crippen LogP contribution in [0.2, 0.25) is 0 Å². The van der Waals surface area contributed by atoms with Gasteiger partial charge in [0.1, 0.15) is 11.3 Å². The van der Waals surface area contributed by atoms with Crippen LogP contribution in [0.15, 0.2) is 42.6 Å². The third-order valence-electron chi connectivity index (χ3n) is 4.90. The molecule has 9 nitrogen and oxygen atoms in total. The van der Waals surface area contributed by atoms with Gasteiger partial charge in [0.2, 0.25) is 0 Å². The van der Waals surface area contributed by atoms with Gasteiger partial charge < -0.3 is 39.9 Å². The van der Waals surface area contributed by atoms with Crippen LogP contribution in [-0.2, 0) is 6.54 Å². The Morgan fingerprint density at radius 2 is 2.03 bits per heavy atom. The first-order chi connectivity index (χ1) is 14.9. The molecule has 1 aliphatic rings. The molecule has 0 unspecified atom stereocenters. The van der Waals surface area contributed by atoms with Crippen molar-refractivity contribution in [2.24, 2.45) is 0 Å². The number of carbonyl (C=O) groups is 1. The average molecular weight is 445 g/mol. The first-order valence-corrected chi connectivity index (χ1v) is 11.2. The lowest BCUT2D eigenvalue weighted by Crippen LogP contribution is -2.33. The molecular formula is C20H20FN5O4S-2. The Kier molecular flexibility index (Phi) is 5.92. The van der Waals surface area contributed by atoms with Gasteiger partial charge in [-0.2, -0.15) is 0 Å². The number of benzene rings is 1. The van der Waals surface area contributed by atoms with E-state index in [1.165, 1.54) is 30.5 Å². The van der Waals surface area contributed by atoms with E-state index in [1.807, 2.05) is 0 Å². The molecule has 11 heteroatoms. The minimum Gasteiger partial charge on any atom is -0.783 e. The van der Waals surface area contributed by atoms with Crippen LogP contribution in [0.25, 0.3) is 10.9 Å². The standard InChI is InChI=1S/C20H22FN5O4S/c21-14-5-3-13(4-6-14)12-24-20(28)17-18(27)16-15(2-1-7-23-16)19(25-17)26-10-8-22-9-11-31(26,29)30/h1-7,22,27,29-30H,8-12H2,(H,24,28)/p-2. The summed E-state index contributed by atoms with van der Waals surface area (Å²) in [5.74, 6) is -1.63. The van der Waals surface area contributed by atoms with E-state index < -0.39 is 28.2 Å². The number of amides is 1. The molecule has 0 saturated carbocycles. The lowest BCUT2D eigenvalue weighted by Gasteiger charge is -2.65. The topological polar surface area (TPSA) is 136 Å². The molecule has 0 spiro atoms. The fourth-order valence-electron chi connectivity index (χ4n) is 3.32. The largest absolute Gasteiger partial charge is 0.783 e. The van der Waals surface area contributed by atoms with E-state index in [9.17, 15) is 23.4 Å². The second kappa shape index (κ2) is 8.63. The molecule has 0 atom stereocenters. The normalized spacial score (nSPS) is 17.2. The van der Waals surface area contributed by atoms with Crippen molar-refractivity contribution in [1.82, 2.24) is 20.6 Å². The van der Waals surface area contributed by atoms with Crippen molar-refractivity contribution >= 4 is 33.4 Å². The number of anilines is 1. The summed E-state index contributed by atoms with van der Waals surface area (Å²) in [5, 5.41) is 16.6. The molecule has 0 aliphatic carbocycles. The third kappa shape index (κ3) is 4.39. The average Bonchev–Trinajstić information content (AvgIpc) is 2.94. The fourth-order valence-corrected chi connectivity index (χ4v) is 4.71. The summed E-state index contributed by atoms with van der Waals surface area (Å²) in [6, 6.07) is 8.78. The summed E-state index contributed by atoms with van der Waals surface area (Å²) in [7, 11) is -3.69. The van der Waals surface area contributed by atoms with Crippen molar-refractivity contribution in [3.8, 4) is 5.75 Å². The van der Waals surface area contributed by atoms with Crippen molar-refractivity contribution < 1.29 is 23.4 Å². The zero-order valence-electron chi connectivity index (χ0n) is 16.4. The predicted molar refractivity (Wildman–Crippen MR) is 113 cm³/mol. The Hall–Kier alpha value is -2.99. The van der Waals surface area contributed by atoms with Gasteiger partial charge in [-0.3, -0.25) is 9.78 Å². The minimum atomic E-state index is -3.69. The Labute approximate surface area is 179 Å². The molecule has 0 bridgehead atoms. The SMILES string of the molecule is O=C(NCc1ccc(F)cc1)c1nc(N2CCNCCS2([O-])[O-])c2cccnc2c1O. The number of halogens is 1. The first kappa shape index (κ1) is 21.2. The number of aromatic hydroxyl groups is 1. The van der Waals surface area contributed by atoms with E-state index in [0.29, 0.717) is 24.0 Å². The van der Waals surface area contributed by atoms with Crippen LogP contribution in [0.4, 0.5) is 10.2 Å². The Balaban J connectivity index is 1.73. The Morgan fingerprint density at radius 3 is 2.81 bits per heavy atom. The molecule has 31 heavy (non-hydrogen) atoms. The van der Waals surface area contributed by atoms with Crippen LogP contribution < -0.4 is 14.9 Å². The Bertz CT molecular complexity index is 1110. The zero-order chi connectivity index (χ0) is 22.0. The number of hydrogen-bond acceptors (Lipinski definition) is 8. The quantitative estimate of drug-likeness (QED) is 0.553. The summed E-state index contributed by atoms with van der Waals surface area (Å²) >= 11 is 0. The van der Waals surface area contributed by atoms with Crippen LogP contribution in [-0.4, -0.2) is 55.5 Å². The summed E-state index contributed by atoms with van der Waals surface area (Å²) in [6.45, 7) is 0.913. The number of hydrogen-bond donors (Lipinski definition) is 3. The third-order valence-corrected chi connectivity index (χ3v) is 6.64. The smallest absolute Gasteiger partial charge is 0.274 e. The van der Waals surface area contributed by atoms with Gasteiger partial charge in [0.25, 0.3) is 5.91 Å². The molecule has 1 amide bonds. The molecule has 1 saturated heterocycles. The second-order valence-electron chi connectivity index (χ2n) is 6.98. The maximum atomic E-state index is 13.1. The first-order valence-electron chi connectivity index (χ1n) is 9.58. The molecule has 3 N–H and O–H groups in total. The van der Waals surface area contributed by atoms with E-state index in [1.54, 1.807) is 12.1 Å². The molecule has 164 valence electrons. The van der Waals surface area contributed by atoms with Gasteiger partial charge in [0.15, 0.2) is 17.3 Å². The number of nitrogens with one attached hydrogen (secondary N) is 2. The summed E-state index contributed by atoms with van der Waals surface area (Å²) < 4.78 is 39.8. The highest BCUT2D eigenvalue weighted by atomic mass is 32.3. The highest BCUT2D eigenvalue weighted by Gasteiger charge is 2.24. The maximum Gasteiger partial charge on any atom is 0.274 e. The molecule has 4 rings (SSSR count). The predicted octanol–water partition coefficient (Wildman–Crippen LogP) is 1.79. The van der Waals surface area contributed by atoms with E-state index in [0.717, 1.165) is 4.31 Å². The van der Waals surface area contributed by atoms with E-state index in [2.05, 4.69) is 20.6 Å². The summed E-state index contributed by atoms with van der Waals surface area (Å²) in [6.07, 6.45) is 1.44. The molecule has 3 heterocycles. The lowest BCUT2D eigenvalue weighted by atomic mass is 10.2. The van der Waals surface area contributed by atoms with Gasteiger partial charge in [-0.25, -0.2) is 9.37 Å². The summed E-state index contributed by atoms with van der Waals surface area (Å²) in [4.78, 5) is 21.2. The number of aromatic nitrogens is 2. The van der Waals surface area contributed by atoms with Crippen molar-refractivity contribution in [3.05, 3.63) is 59.7 Å². The molecular weight excluding hydrogens is 425 g/mol. The van der Waals surface area contributed by atoms with Crippen LogP contribution >= 0.6 is 10.8 Å². The summed E-state index contributed by atoms with van der Waals surface area (Å²) in [5.41, 5.74) is 0.386. The van der Waals surface area contributed by atoms with Gasteiger partial charge in [0.05, 0.1) is 0 Å². The zero-order valence-corrected chi connectivity index (χ0v) is 17.2. The van der Waals surface area contributed by atoms with Crippen molar-refractivity contribution in [3.63, 3.8) is 0 Å². The maximum absolute atomic E-state index is 13.1. The van der Waals surface area contributed by atoms with Crippen LogP contribution in [0.1, 0.15) is 16.1 Å². The number of sulfonamides is 1. The monoisotopic (exact) mass is 445 g/mol. The highest BCUT2D eigenvalue weighted by molar-refractivity contribution is 8.25. The van der Waals surface area contributed by atoms with Crippen molar-refractivity contribution in [2.75, 3.05) is 29.7 Å². The van der Waals surface area contributed by atoms with Gasteiger partial charge >= 0.3 is 0 Å². The molecule has 1 aliphatic heterocycles. The number of fused-ring (bicyclic) bond motifs is 1. The molecule has 3 aromatic rings. The van der Waals surface area contributed by atoms with Crippen LogP contribution in [0.5, 0.6) is 5.75 Å². The Morgan fingerprint density at radius 1 is 1.26 bits per heavy atom. The van der Waals surface area contributed by atoms with E-state index >= 15 is 0 Å². The number of carbonyl (C=O) groups excluding carboxylic acids is 1. The van der Waals surface area contributed by atoms with Crippen LogP contribution in [0.3, 0.4) is 0 Å². The minimum absolute atomic E-state index is 0.0385. The van der Waals surface area contributed by atoms with E-state index in [4.69, 9.17) is 0 Å². The van der Waals surface area contributed by atoms with Gasteiger partial charge in [-0.05, 0) is 35.6 Å². The van der Waals surface area contributed by atoms with Gasteiger partial charge in [-0.1, -0.05) is 12.1 Å². The van der Waals surface area contributed by atoms with Crippen molar-refractivity contribution in [2.45, 2.75) is 6.54 Å². The van der Waals surface area contributed by atoms with Gasteiger partial charge in [-0.15, -0.1) is 0 Å². The number of pyridine rings is 2. The molecule has 0 radical (unpaired) electrons. The molecule has 1 aromatic carbocycles. The number of nitrogens with zero attached hydrogens (tertiary/aromatic N) is 3. The van der Waals surface area contributed by atoms with Crippen molar-refractivity contribution in [1.29, 1.82) is 0 Å². The fraction of sp³-hybridized carbons (Fsp3) is 0.250. The molecule has 2 aromatic heterocycles. The highest BCUT2D eigenvalue weighted by Crippen LogP contribution is 2.47. The van der Waals surface area contributed by atoms with Gasteiger partial charge in [0, 0.05) is 37.8 Å².